The monoisotopic (exact) mass is 436 g/mol. The molecular weight excluding hydrogens is 407 g/mol. The molecule has 1 fully saturated rings. The van der Waals surface area contributed by atoms with Gasteiger partial charge in [0.15, 0.2) is 5.82 Å². The van der Waals surface area contributed by atoms with Gasteiger partial charge in [0.25, 0.3) is 0 Å². The number of aromatic amines is 1. The van der Waals surface area contributed by atoms with Gasteiger partial charge in [0.05, 0.1) is 11.6 Å². The number of anilines is 1. The Kier molecular flexibility index (Phi) is 5.33. The van der Waals surface area contributed by atoms with Gasteiger partial charge >= 0.3 is 0 Å². The maximum Gasteiger partial charge on any atom is 0.224 e. The molecule has 5 rings (SSSR count). The lowest BCUT2D eigenvalue weighted by atomic mass is 9.93. The Balaban J connectivity index is 1.46. The third-order valence-electron chi connectivity index (χ3n) is 6.53. The Morgan fingerprint density at radius 3 is 2.69 bits per heavy atom. The topological polar surface area (TPSA) is 80.6 Å². The van der Waals surface area contributed by atoms with Crippen LogP contribution in [0.4, 0.5) is 10.3 Å². The van der Waals surface area contributed by atoms with E-state index in [0.29, 0.717) is 23.6 Å². The minimum atomic E-state index is -0.319. The highest BCUT2D eigenvalue weighted by molar-refractivity contribution is 5.96. The minimum Gasteiger partial charge on any atom is -0.381 e. The average Bonchev–Trinajstić information content (AvgIpc) is 3.34. The zero-order chi connectivity index (χ0) is 22.4. The van der Waals surface area contributed by atoms with Crippen molar-refractivity contribution in [2.45, 2.75) is 64.6 Å². The van der Waals surface area contributed by atoms with Crippen molar-refractivity contribution in [1.82, 2.24) is 24.5 Å². The number of nitrogens with one attached hydrogen (secondary N) is 2. The zero-order valence-electron chi connectivity index (χ0n) is 18.9. The number of fused-ring (bicyclic) bond motifs is 2. The summed E-state index contributed by atoms with van der Waals surface area (Å²) in [5.41, 5.74) is 3.60. The molecule has 0 unspecified atom stereocenters. The third-order valence-corrected chi connectivity index (χ3v) is 6.53. The predicted octanol–water partition coefficient (Wildman–Crippen LogP) is 5.37. The van der Waals surface area contributed by atoms with E-state index in [9.17, 15) is 4.39 Å². The van der Waals surface area contributed by atoms with Gasteiger partial charge in [-0.3, -0.25) is 0 Å². The fraction of sp³-hybridized carbons (Fsp3) is 0.458. The number of aromatic nitrogens is 5. The first kappa shape index (κ1) is 20.9. The molecule has 168 valence electrons. The zero-order valence-corrected chi connectivity index (χ0v) is 18.9. The Morgan fingerprint density at radius 2 is 1.97 bits per heavy atom. The Bertz CT molecular complexity index is 1270. The minimum absolute atomic E-state index is 0.188. The molecule has 1 aliphatic carbocycles. The van der Waals surface area contributed by atoms with Crippen molar-refractivity contribution < 1.29 is 9.13 Å². The highest BCUT2D eigenvalue weighted by Gasteiger charge is 2.22. The number of hydrogen-bond donors (Lipinski definition) is 2. The van der Waals surface area contributed by atoms with Gasteiger partial charge in [-0.1, -0.05) is 0 Å². The number of nitrogens with zero attached hydrogens (tertiary/aromatic N) is 4. The third kappa shape index (κ3) is 3.62. The molecule has 7 nitrogen and oxygen atoms in total. The predicted molar refractivity (Wildman–Crippen MR) is 124 cm³/mol. The molecular formula is C24H29FN6O. The Hall–Kier alpha value is -3.00. The van der Waals surface area contributed by atoms with Crippen LogP contribution in [-0.2, 0) is 4.74 Å². The van der Waals surface area contributed by atoms with Gasteiger partial charge in [-0.15, -0.1) is 0 Å². The number of ether oxygens (including phenoxy) is 1. The van der Waals surface area contributed by atoms with Crippen LogP contribution in [0.25, 0.3) is 33.2 Å². The standard InChI is InChI=1S/C24H29FN6O/c1-13(2)31-14(3)28-22-20(25)9-15(10-21(22)31)18-11-26-23-19(18)12-27-24(30-23)29-16-5-7-17(32-4)8-6-16/h9-13,16-17H,5-8H2,1-4H3,(H2,26,27,29,30). The van der Waals surface area contributed by atoms with E-state index in [1.165, 1.54) is 0 Å². The van der Waals surface area contributed by atoms with Crippen molar-refractivity contribution in [2.75, 3.05) is 12.4 Å². The smallest absolute Gasteiger partial charge is 0.224 e. The van der Waals surface area contributed by atoms with Gasteiger partial charge in [0, 0.05) is 42.5 Å². The lowest BCUT2D eigenvalue weighted by molar-refractivity contribution is 0.0681. The van der Waals surface area contributed by atoms with E-state index in [0.717, 1.165) is 59.2 Å². The fourth-order valence-electron chi connectivity index (χ4n) is 4.92. The summed E-state index contributed by atoms with van der Waals surface area (Å²) >= 11 is 0. The fourth-order valence-corrected chi connectivity index (χ4v) is 4.92. The molecule has 3 heterocycles. The summed E-state index contributed by atoms with van der Waals surface area (Å²) in [6.07, 6.45) is 8.21. The second-order valence-electron chi connectivity index (χ2n) is 8.96. The van der Waals surface area contributed by atoms with E-state index in [4.69, 9.17) is 4.74 Å². The van der Waals surface area contributed by atoms with Crippen molar-refractivity contribution in [1.29, 1.82) is 0 Å². The van der Waals surface area contributed by atoms with Crippen molar-refractivity contribution in [3.8, 4) is 11.1 Å². The molecule has 0 aliphatic heterocycles. The van der Waals surface area contributed by atoms with Crippen LogP contribution in [0.1, 0.15) is 51.4 Å². The molecule has 0 radical (unpaired) electrons. The first-order chi connectivity index (χ1) is 15.4. The van der Waals surface area contributed by atoms with Gasteiger partial charge in [-0.25, -0.2) is 14.4 Å². The second kappa shape index (κ2) is 8.16. The number of halogens is 1. The quantitative estimate of drug-likeness (QED) is 0.439. The lowest BCUT2D eigenvalue weighted by Crippen LogP contribution is -2.29. The summed E-state index contributed by atoms with van der Waals surface area (Å²) in [6, 6.07) is 4.09. The molecule has 1 aliphatic rings. The van der Waals surface area contributed by atoms with Crippen molar-refractivity contribution in [3.63, 3.8) is 0 Å². The number of rotatable bonds is 5. The van der Waals surface area contributed by atoms with Crippen molar-refractivity contribution in [2.24, 2.45) is 0 Å². The average molecular weight is 437 g/mol. The molecule has 0 amide bonds. The molecule has 0 spiro atoms. The van der Waals surface area contributed by atoms with Crippen LogP contribution < -0.4 is 5.32 Å². The molecule has 2 N–H and O–H groups in total. The van der Waals surface area contributed by atoms with Crippen LogP contribution in [0.15, 0.2) is 24.5 Å². The first-order valence-corrected chi connectivity index (χ1v) is 11.3. The van der Waals surface area contributed by atoms with E-state index in [2.05, 4.69) is 43.7 Å². The molecule has 0 bridgehead atoms. The van der Waals surface area contributed by atoms with Gasteiger partial charge in [0.1, 0.15) is 17.0 Å². The van der Waals surface area contributed by atoms with Crippen LogP contribution in [-0.4, -0.2) is 43.8 Å². The summed E-state index contributed by atoms with van der Waals surface area (Å²) in [5.74, 6) is 1.10. The first-order valence-electron chi connectivity index (χ1n) is 11.3. The summed E-state index contributed by atoms with van der Waals surface area (Å²) < 4.78 is 22.5. The maximum atomic E-state index is 14.9. The Labute approximate surface area is 186 Å². The molecule has 0 saturated heterocycles. The molecule has 3 aromatic heterocycles. The molecule has 32 heavy (non-hydrogen) atoms. The summed E-state index contributed by atoms with van der Waals surface area (Å²) in [6.45, 7) is 6.07. The van der Waals surface area contributed by atoms with E-state index in [1.54, 1.807) is 13.2 Å². The molecule has 4 aromatic rings. The lowest BCUT2D eigenvalue weighted by Gasteiger charge is -2.28. The summed E-state index contributed by atoms with van der Waals surface area (Å²) in [4.78, 5) is 16.9. The van der Waals surface area contributed by atoms with Gasteiger partial charge in [-0.2, -0.15) is 4.98 Å². The van der Waals surface area contributed by atoms with Gasteiger partial charge < -0.3 is 19.6 Å². The van der Waals surface area contributed by atoms with Crippen molar-refractivity contribution >= 4 is 28.0 Å². The van der Waals surface area contributed by atoms with Crippen LogP contribution >= 0.6 is 0 Å². The molecule has 0 atom stereocenters. The Morgan fingerprint density at radius 1 is 1.19 bits per heavy atom. The van der Waals surface area contributed by atoms with Crippen LogP contribution in [0.3, 0.4) is 0 Å². The summed E-state index contributed by atoms with van der Waals surface area (Å²) in [5, 5.41) is 4.32. The number of benzene rings is 1. The molecule has 8 heteroatoms. The SMILES string of the molecule is COC1CCC(Nc2ncc3c(-c4cc(F)c5nc(C)n(C(C)C)c5c4)c[nH]c3n2)CC1. The summed E-state index contributed by atoms with van der Waals surface area (Å²) in [7, 11) is 1.78. The second-order valence-corrected chi connectivity index (χ2v) is 8.96. The molecule has 1 aromatic carbocycles. The maximum absolute atomic E-state index is 14.9. The van der Waals surface area contributed by atoms with Crippen LogP contribution in [0.2, 0.25) is 0 Å². The normalized spacial score (nSPS) is 19.3. The number of H-pyrrole nitrogens is 1. The highest BCUT2D eigenvalue weighted by Crippen LogP contribution is 2.33. The number of aryl methyl sites for hydroxylation is 1. The van der Waals surface area contributed by atoms with E-state index < -0.39 is 0 Å². The molecule has 1 saturated carbocycles. The van der Waals surface area contributed by atoms with E-state index >= 15 is 0 Å². The van der Waals surface area contributed by atoms with E-state index in [1.807, 2.05) is 25.4 Å². The number of imidazole rings is 1. The van der Waals surface area contributed by atoms with Gasteiger partial charge in [-0.05, 0) is 64.2 Å². The number of methoxy groups -OCH3 is 1. The van der Waals surface area contributed by atoms with Crippen LogP contribution in [0.5, 0.6) is 0 Å². The largest absolute Gasteiger partial charge is 0.381 e. The van der Waals surface area contributed by atoms with Crippen molar-refractivity contribution in [3.05, 3.63) is 36.2 Å². The number of hydrogen-bond acceptors (Lipinski definition) is 5. The van der Waals surface area contributed by atoms with Crippen LogP contribution in [0, 0.1) is 12.7 Å². The highest BCUT2D eigenvalue weighted by atomic mass is 19.1. The van der Waals surface area contributed by atoms with E-state index in [-0.39, 0.29) is 11.9 Å². The van der Waals surface area contributed by atoms with Gasteiger partial charge in [0.2, 0.25) is 5.95 Å².